The predicted molar refractivity (Wildman–Crippen MR) is 90.9 cm³/mol. The third-order valence-corrected chi connectivity index (χ3v) is 4.34. The summed E-state index contributed by atoms with van der Waals surface area (Å²) in [5, 5.41) is 5.05. The SMILES string of the molecule is O=C1N[C@]2(C=Cc3c(ccc4ccccc34)O2)Oc2ccccc21. The Morgan fingerprint density at radius 3 is 2.58 bits per heavy atom. The van der Waals surface area contributed by atoms with Gasteiger partial charge in [-0.1, -0.05) is 42.5 Å². The molecule has 1 N–H and O–H groups in total. The standard InChI is InChI=1S/C20H13NO3/c22-19-16-7-3-4-8-17(16)23-20(21-19)12-11-15-14-6-2-1-5-13(14)9-10-18(15)24-20/h1-12H,(H,21,22)/t20-/m1/s1. The number of rotatable bonds is 0. The van der Waals surface area contributed by atoms with Gasteiger partial charge in [0, 0.05) is 11.6 Å². The number of ether oxygens (including phenoxy) is 2. The fraction of sp³-hybridized carbons (Fsp3) is 0.0500. The summed E-state index contributed by atoms with van der Waals surface area (Å²) in [6.45, 7) is 0. The van der Waals surface area contributed by atoms with Crippen LogP contribution in [0.2, 0.25) is 0 Å². The lowest BCUT2D eigenvalue weighted by atomic mass is 10.0. The maximum atomic E-state index is 12.4. The van der Waals surface area contributed by atoms with E-state index in [0.29, 0.717) is 17.1 Å². The van der Waals surface area contributed by atoms with Gasteiger partial charge in [0.05, 0.1) is 5.56 Å². The first-order valence-electron chi connectivity index (χ1n) is 7.75. The highest BCUT2D eigenvalue weighted by molar-refractivity contribution is 5.99. The van der Waals surface area contributed by atoms with Crippen LogP contribution in [0.3, 0.4) is 0 Å². The molecule has 1 amide bonds. The van der Waals surface area contributed by atoms with Gasteiger partial charge in [0.25, 0.3) is 5.91 Å². The molecule has 0 aromatic heterocycles. The molecule has 3 aromatic carbocycles. The van der Waals surface area contributed by atoms with E-state index in [1.165, 1.54) is 0 Å². The maximum absolute atomic E-state index is 12.4. The number of fused-ring (bicyclic) bond motifs is 4. The summed E-state index contributed by atoms with van der Waals surface area (Å²) in [6, 6.07) is 19.1. The zero-order valence-electron chi connectivity index (χ0n) is 12.7. The summed E-state index contributed by atoms with van der Waals surface area (Å²) in [4.78, 5) is 12.4. The van der Waals surface area contributed by atoms with E-state index in [2.05, 4.69) is 17.4 Å². The second-order valence-electron chi connectivity index (χ2n) is 5.85. The van der Waals surface area contributed by atoms with Crippen molar-refractivity contribution < 1.29 is 14.3 Å². The number of carbonyl (C=O) groups excluding carboxylic acids is 1. The molecular weight excluding hydrogens is 302 g/mol. The zero-order chi connectivity index (χ0) is 16.1. The Hall–Kier alpha value is -3.27. The minimum atomic E-state index is -1.30. The van der Waals surface area contributed by atoms with E-state index < -0.39 is 5.91 Å². The molecule has 0 fully saturated rings. The van der Waals surface area contributed by atoms with Crippen molar-refractivity contribution in [2.45, 2.75) is 5.91 Å². The number of hydrogen-bond acceptors (Lipinski definition) is 3. The topological polar surface area (TPSA) is 47.6 Å². The molecule has 5 rings (SSSR count). The van der Waals surface area contributed by atoms with Crippen LogP contribution in [0.4, 0.5) is 0 Å². The summed E-state index contributed by atoms with van der Waals surface area (Å²) in [6.07, 6.45) is 3.69. The summed E-state index contributed by atoms with van der Waals surface area (Å²) >= 11 is 0. The molecule has 0 aliphatic carbocycles. The lowest BCUT2D eigenvalue weighted by Crippen LogP contribution is -2.59. The van der Waals surface area contributed by atoms with E-state index in [1.54, 1.807) is 24.3 Å². The average Bonchev–Trinajstić information content (AvgIpc) is 2.61. The van der Waals surface area contributed by atoms with Crippen molar-refractivity contribution in [3.63, 3.8) is 0 Å². The molecule has 116 valence electrons. The van der Waals surface area contributed by atoms with Crippen LogP contribution in [0.1, 0.15) is 15.9 Å². The van der Waals surface area contributed by atoms with E-state index in [9.17, 15) is 4.79 Å². The summed E-state index contributed by atoms with van der Waals surface area (Å²) in [5.41, 5.74) is 1.49. The van der Waals surface area contributed by atoms with Crippen molar-refractivity contribution in [3.05, 3.63) is 77.9 Å². The Kier molecular flexibility index (Phi) is 2.54. The van der Waals surface area contributed by atoms with Gasteiger partial charge >= 0.3 is 5.91 Å². The highest BCUT2D eigenvalue weighted by Crippen LogP contribution is 2.38. The molecule has 0 saturated carbocycles. The van der Waals surface area contributed by atoms with E-state index in [4.69, 9.17) is 9.47 Å². The number of hydrogen-bond donors (Lipinski definition) is 1. The number of nitrogens with one attached hydrogen (secondary N) is 1. The molecule has 0 radical (unpaired) electrons. The van der Waals surface area contributed by atoms with Crippen LogP contribution >= 0.6 is 0 Å². The molecule has 0 bridgehead atoms. The second kappa shape index (κ2) is 4.61. The fourth-order valence-electron chi connectivity index (χ4n) is 3.21. The minimum absolute atomic E-state index is 0.217. The third kappa shape index (κ3) is 1.83. The van der Waals surface area contributed by atoms with Gasteiger partial charge in [-0.3, -0.25) is 10.1 Å². The Morgan fingerprint density at radius 1 is 0.833 bits per heavy atom. The van der Waals surface area contributed by atoms with Crippen molar-refractivity contribution >= 4 is 22.8 Å². The molecule has 2 heterocycles. The molecule has 0 saturated heterocycles. The highest BCUT2D eigenvalue weighted by atomic mass is 16.7. The van der Waals surface area contributed by atoms with Gasteiger partial charge in [-0.15, -0.1) is 0 Å². The smallest absolute Gasteiger partial charge is 0.360 e. The molecular formula is C20H13NO3. The fourth-order valence-corrected chi connectivity index (χ4v) is 3.21. The van der Waals surface area contributed by atoms with Gasteiger partial charge in [0.2, 0.25) is 0 Å². The summed E-state index contributed by atoms with van der Waals surface area (Å²) in [7, 11) is 0. The van der Waals surface area contributed by atoms with Crippen LogP contribution in [0, 0.1) is 0 Å². The lowest BCUT2D eigenvalue weighted by molar-refractivity contribution is -0.0968. The highest BCUT2D eigenvalue weighted by Gasteiger charge is 2.42. The number of benzene rings is 3. The molecule has 2 aliphatic rings. The van der Waals surface area contributed by atoms with Gasteiger partial charge in [0.1, 0.15) is 11.5 Å². The molecule has 1 atom stereocenters. The van der Waals surface area contributed by atoms with E-state index in [-0.39, 0.29) is 5.91 Å². The zero-order valence-corrected chi connectivity index (χ0v) is 12.7. The van der Waals surface area contributed by atoms with Crippen LogP contribution in [0.25, 0.3) is 16.8 Å². The molecule has 2 aliphatic heterocycles. The van der Waals surface area contributed by atoms with E-state index in [1.807, 2.05) is 36.4 Å². The average molecular weight is 315 g/mol. The first-order valence-corrected chi connectivity index (χ1v) is 7.75. The number of para-hydroxylation sites is 1. The van der Waals surface area contributed by atoms with Gasteiger partial charge < -0.3 is 9.47 Å². The monoisotopic (exact) mass is 315 g/mol. The molecule has 3 aromatic rings. The van der Waals surface area contributed by atoms with Crippen molar-refractivity contribution in [2.24, 2.45) is 0 Å². The molecule has 24 heavy (non-hydrogen) atoms. The number of amides is 1. The van der Waals surface area contributed by atoms with E-state index in [0.717, 1.165) is 16.3 Å². The van der Waals surface area contributed by atoms with Gasteiger partial charge in [0.15, 0.2) is 0 Å². The Bertz CT molecular complexity index is 1020. The molecule has 4 nitrogen and oxygen atoms in total. The normalized spacial score (nSPS) is 20.8. The summed E-state index contributed by atoms with van der Waals surface area (Å²) in [5.74, 6) is -0.335. The van der Waals surface area contributed by atoms with Crippen LogP contribution in [0.15, 0.2) is 66.7 Å². The van der Waals surface area contributed by atoms with E-state index >= 15 is 0 Å². The maximum Gasteiger partial charge on any atom is 0.360 e. The minimum Gasteiger partial charge on any atom is -0.431 e. The molecule has 4 heteroatoms. The quantitative estimate of drug-likeness (QED) is 0.688. The lowest BCUT2D eigenvalue weighted by Gasteiger charge is -2.38. The van der Waals surface area contributed by atoms with Gasteiger partial charge in [-0.05, 0) is 35.0 Å². The van der Waals surface area contributed by atoms with Crippen LogP contribution in [-0.2, 0) is 0 Å². The predicted octanol–water partition coefficient (Wildman–Crippen LogP) is 3.72. The van der Waals surface area contributed by atoms with Gasteiger partial charge in [-0.25, -0.2) is 0 Å². The Balaban J connectivity index is 1.62. The van der Waals surface area contributed by atoms with Crippen LogP contribution in [0.5, 0.6) is 11.5 Å². The molecule has 0 unspecified atom stereocenters. The first-order chi connectivity index (χ1) is 11.7. The Labute approximate surface area is 138 Å². The molecule has 1 spiro atoms. The van der Waals surface area contributed by atoms with Gasteiger partial charge in [-0.2, -0.15) is 0 Å². The number of carbonyl (C=O) groups is 1. The van der Waals surface area contributed by atoms with Crippen molar-refractivity contribution in [2.75, 3.05) is 0 Å². The van der Waals surface area contributed by atoms with Crippen molar-refractivity contribution in [1.82, 2.24) is 5.32 Å². The second-order valence-corrected chi connectivity index (χ2v) is 5.85. The third-order valence-electron chi connectivity index (χ3n) is 4.34. The largest absolute Gasteiger partial charge is 0.431 e. The van der Waals surface area contributed by atoms with Crippen LogP contribution in [-0.4, -0.2) is 11.8 Å². The van der Waals surface area contributed by atoms with Crippen molar-refractivity contribution in [3.8, 4) is 11.5 Å². The summed E-state index contributed by atoms with van der Waals surface area (Å²) < 4.78 is 12.0. The Morgan fingerprint density at radius 2 is 1.62 bits per heavy atom. The van der Waals surface area contributed by atoms with Crippen LogP contribution < -0.4 is 14.8 Å². The first kappa shape index (κ1) is 13.2. The van der Waals surface area contributed by atoms with Crippen molar-refractivity contribution in [1.29, 1.82) is 0 Å².